The molecule has 0 unspecified atom stereocenters. The molecule has 3 heterocycles. The third-order valence-corrected chi connectivity index (χ3v) is 6.81. The number of fused-ring (bicyclic) bond motifs is 1. The molecule has 0 aliphatic carbocycles. The number of aromatic hydroxyl groups is 1. The fraction of sp³-hybridized carbons (Fsp3) is 0.269. The van der Waals surface area contributed by atoms with Crippen molar-refractivity contribution < 1.29 is 43.9 Å². The minimum atomic E-state index is -2.75. The standard InChI is InChI=1S/C26H22ClFN4O8/c27-25-30-20-18(21(34)31-25)29-12-32(20)22-17(28)19(33)16(40-22)11-39-26(23(35)36,24(37)38)10-13-6-8-15(9-7-13)14-4-2-1-3-5-14/h1-9,12,16-17,19,22,33H,10-11H2,(H,35,36)(H,37,38)(H,30,31,34)/t16-,17+,19-,22-/m1/s1. The number of aromatic nitrogens is 4. The normalized spacial score (nSPS) is 21.1. The summed E-state index contributed by atoms with van der Waals surface area (Å²) in [7, 11) is 0. The molecule has 5 rings (SSSR count). The zero-order valence-corrected chi connectivity index (χ0v) is 21.2. The van der Waals surface area contributed by atoms with Crippen molar-refractivity contribution in [1.29, 1.82) is 0 Å². The van der Waals surface area contributed by atoms with Gasteiger partial charge in [-0.05, 0) is 28.3 Å². The fourth-order valence-electron chi connectivity index (χ4n) is 4.50. The van der Waals surface area contributed by atoms with Crippen LogP contribution in [0.15, 0.2) is 60.9 Å². The molecule has 208 valence electrons. The van der Waals surface area contributed by atoms with Gasteiger partial charge in [-0.15, -0.1) is 0 Å². The molecule has 2 aromatic heterocycles. The number of rotatable bonds is 9. The molecule has 0 bridgehead atoms. The van der Waals surface area contributed by atoms with Crippen LogP contribution in [-0.4, -0.2) is 82.5 Å². The second-order valence-electron chi connectivity index (χ2n) is 9.13. The number of carboxylic acid groups (broad SMARTS) is 2. The Morgan fingerprint density at radius 2 is 1.70 bits per heavy atom. The molecular formula is C26H22ClFN4O8. The average molecular weight is 573 g/mol. The number of hydrogen-bond donors (Lipinski definition) is 4. The van der Waals surface area contributed by atoms with E-state index in [-0.39, 0.29) is 16.4 Å². The van der Waals surface area contributed by atoms with Crippen molar-refractivity contribution >= 4 is 34.7 Å². The van der Waals surface area contributed by atoms with E-state index in [1.54, 1.807) is 24.3 Å². The van der Waals surface area contributed by atoms with Crippen LogP contribution in [0, 0.1) is 0 Å². The predicted octanol–water partition coefficient (Wildman–Crippen LogP) is 2.62. The lowest BCUT2D eigenvalue weighted by atomic mass is 9.93. The Hall–Kier alpha value is -4.17. The van der Waals surface area contributed by atoms with Crippen molar-refractivity contribution in [3.63, 3.8) is 0 Å². The van der Waals surface area contributed by atoms with E-state index in [2.05, 4.69) is 15.0 Å². The summed E-state index contributed by atoms with van der Waals surface area (Å²) >= 11 is 5.78. The summed E-state index contributed by atoms with van der Waals surface area (Å²) in [4.78, 5) is 35.8. The molecule has 1 aliphatic rings. The Morgan fingerprint density at radius 3 is 2.35 bits per heavy atom. The van der Waals surface area contributed by atoms with Gasteiger partial charge in [0.2, 0.25) is 11.2 Å². The molecule has 4 N–H and O–H groups in total. The molecule has 1 saturated heterocycles. The average Bonchev–Trinajstić information content (AvgIpc) is 3.47. The van der Waals surface area contributed by atoms with Crippen LogP contribution in [-0.2, 0) is 25.5 Å². The van der Waals surface area contributed by atoms with Gasteiger partial charge in [-0.2, -0.15) is 9.97 Å². The van der Waals surface area contributed by atoms with E-state index in [1.807, 2.05) is 30.3 Å². The molecule has 1 fully saturated rings. The first-order valence-corrected chi connectivity index (χ1v) is 12.3. The number of benzene rings is 2. The number of hydrogen-bond acceptors (Lipinski definition) is 9. The third-order valence-electron chi connectivity index (χ3n) is 6.64. The lowest BCUT2D eigenvalue weighted by molar-refractivity contribution is -0.190. The number of nitrogens with zero attached hydrogens (tertiary/aromatic N) is 4. The molecule has 2 aromatic carbocycles. The lowest BCUT2D eigenvalue weighted by Crippen LogP contribution is -2.52. The van der Waals surface area contributed by atoms with E-state index in [9.17, 15) is 30.0 Å². The summed E-state index contributed by atoms with van der Waals surface area (Å²) in [6.07, 6.45) is -6.33. The number of ether oxygens (including phenoxy) is 2. The van der Waals surface area contributed by atoms with Gasteiger partial charge in [0.15, 0.2) is 23.6 Å². The van der Waals surface area contributed by atoms with Crippen LogP contribution in [0.2, 0.25) is 5.28 Å². The molecule has 1 aliphatic heterocycles. The molecule has 0 saturated carbocycles. The van der Waals surface area contributed by atoms with E-state index >= 15 is 4.39 Å². The van der Waals surface area contributed by atoms with Gasteiger partial charge in [-0.3, -0.25) is 4.57 Å². The Kier molecular flexibility index (Phi) is 7.38. The highest BCUT2D eigenvalue weighted by Gasteiger charge is 2.52. The molecular weight excluding hydrogens is 551 g/mol. The quantitative estimate of drug-likeness (QED) is 0.171. The minimum absolute atomic E-state index is 0.0803. The largest absolute Gasteiger partial charge is 0.492 e. The smallest absolute Gasteiger partial charge is 0.348 e. The Labute approximate surface area is 230 Å². The Bertz CT molecular complexity index is 1540. The van der Waals surface area contributed by atoms with Gasteiger partial charge in [0, 0.05) is 6.42 Å². The van der Waals surface area contributed by atoms with Gasteiger partial charge >= 0.3 is 11.9 Å². The van der Waals surface area contributed by atoms with E-state index in [4.69, 9.17) is 21.1 Å². The molecule has 40 heavy (non-hydrogen) atoms. The van der Waals surface area contributed by atoms with Crippen molar-refractivity contribution in [1.82, 2.24) is 19.5 Å². The van der Waals surface area contributed by atoms with Crippen LogP contribution in [0.5, 0.6) is 5.88 Å². The number of halogens is 2. The van der Waals surface area contributed by atoms with Gasteiger partial charge in [-0.1, -0.05) is 54.6 Å². The number of carbonyl (C=O) groups is 2. The second kappa shape index (κ2) is 10.8. The van der Waals surface area contributed by atoms with Crippen LogP contribution >= 0.6 is 11.6 Å². The summed E-state index contributed by atoms with van der Waals surface area (Å²) < 4.78 is 27.2. The number of imidazole rings is 1. The minimum Gasteiger partial charge on any atom is -0.492 e. The summed E-state index contributed by atoms with van der Waals surface area (Å²) in [5, 5.41) is 39.9. The van der Waals surface area contributed by atoms with Crippen molar-refractivity contribution in [3.05, 3.63) is 71.8 Å². The van der Waals surface area contributed by atoms with Crippen LogP contribution in [0.4, 0.5) is 4.39 Å². The van der Waals surface area contributed by atoms with Gasteiger partial charge in [-0.25, -0.2) is 19.0 Å². The lowest BCUT2D eigenvalue weighted by Gasteiger charge is -2.27. The van der Waals surface area contributed by atoms with E-state index < -0.39 is 61.1 Å². The maximum Gasteiger partial charge on any atom is 0.348 e. The molecule has 0 radical (unpaired) electrons. The predicted molar refractivity (Wildman–Crippen MR) is 136 cm³/mol. The Balaban J connectivity index is 1.35. The van der Waals surface area contributed by atoms with Crippen molar-refractivity contribution in [3.8, 4) is 17.0 Å². The molecule has 0 amide bonds. The summed E-state index contributed by atoms with van der Waals surface area (Å²) in [6, 6.07) is 16.0. The molecule has 12 nitrogen and oxygen atoms in total. The third kappa shape index (κ3) is 4.95. The summed E-state index contributed by atoms with van der Waals surface area (Å²) in [5.74, 6) is -4.11. The Morgan fingerprint density at radius 1 is 1.05 bits per heavy atom. The van der Waals surface area contributed by atoms with Crippen LogP contribution < -0.4 is 0 Å². The topological polar surface area (TPSA) is 177 Å². The van der Waals surface area contributed by atoms with E-state index in [0.717, 1.165) is 22.0 Å². The SMILES string of the molecule is O=C(O)C(Cc1ccc(-c2ccccc2)cc1)(OC[C@H]1O[C@@H](n2cnc3c(O)nc(Cl)nc32)[C@@H](F)[C@@H]1O)C(=O)O. The first-order chi connectivity index (χ1) is 19.1. The molecule has 14 heteroatoms. The van der Waals surface area contributed by atoms with Crippen LogP contribution in [0.25, 0.3) is 22.3 Å². The van der Waals surface area contributed by atoms with Crippen LogP contribution in [0.1, 0.15) is 11.8 Å². The highest BCUT2D eigenvalue weighted by Crippen LogP contribution is 2.36. The van der Waals surface area contributed by atoms with Gasteiger partial charge in [0.1, 0.15) is 12.2 Å². The molecule has 0 spiro atoms. The second-order valence-corrected chi connectivity index (χ2v) is 9.47. The summed E-state index contributed by atoms with van der Waals surface area (Å²) in [6.45, 7) is -0.771. The molecule has 4 aromatic rings. The van der Waals surface area contributed by atoms with E-state index in [0.29, 0.717) is 5.56 Å². The highest BCUT2D eigenvalue weighted by molar-refractivity contribution is 6.28. The highest BCUT2D eigenvalue weighted by atomic mass is 35.5. The first-order valence-electron chi connectivity index (χ1n) is 11.9. The van der Waals surface area contributed by atoms with E-state index in [1.165, 1.54) is 0 Å². The first kappa shape index (κ1) is 27.4. The fourth-order valence-corrected chi connectivity index (χ4v) is 4.66. The number of aliphatic hydroxyl groups is 1. The zero-order valence-electron chi connectivity index (χ0n) is 20.5. The summed E-state index contributed by atoms with van der Waals surface area (Å²) in [5.41, 5.74) is -0.803. The zero-order chi connectivity index (χ0) is 28.6. The van der Waals surface area contributed by atoms with Gasteiger partial charge in [0.05, 0.1) is 12.9 Å². The maximum atomic E-state index is 15.1. The number of aliphatic carboxylic acids is 2. The van der Waals surface area contributed by atoms with Gasteiger partial charge in [0.25, 0.3) is 5.60 Å². The van der Waals surface area contributed by atoms with Gasteiger partial charge < -0.3 is 29.9 Å². The van der Waals surface area contributed by atoms with Crippen molar-refractivity contribution in [2.75, 3.05) is 6.61 Å². The monoisotopic (exact) mass is 572 g/mol. The number of aliphatic hydroxyl groups excluding tert-OH is 1. The number of alkyl halides is 1. The maximum absolute atomic E-state index is 15.1. The molecule has 4 atom stereocenters. The van der Waals surface area contributed by atoms with Crippen molar-refractivity contribution in [2.45, 2.75) is 36.6 Å². The van der Waals surface area contributed by atoms with Crippen LogP contribution in [0.3, 0.4) is 0 Å². The number of carboxylic acids is 2. The van der Waals surface area contributed by atoms with Crippen molar-refractivity contribution in [2.24, 2.45) is 0 Å².